The van der Waals surface area contributed by atoms with Crippen molar-refractivity contribution in [1.29, 1.82) is 0 Å². The summed E-state index contributed by atoms with van der Waals surface area (Å²) in [6.07, 6.45) is 16.2. The normalized spacial score (nSPS) is 16.8. The van der Waals surface area contributed by atoms with E-state index in [0.717, 1.165) is 119 Å². The molecule has 6 amide bonds. The number of benzene rings is 6. The van der Waals surface area contributed by atoms with E-state index in [1.165, 1.54) is 51.1 Å². The number of hydrogen-bond donors (Lipinski definition) is 3. The fourth-order valence-electron chi connectivity index (χ4n) is 17.5. The van der Waals surface area contributed by atoms with E-state index in [0.29, 0.717) is 124 Å². The molecule has 6 aromatic heterocycles. The maximum absolute atomic E-state index is 13.2. The molecule has 17 rings (SSSR count). The number of fused-ring (bicyclic) bond motifs is 3. The minimum atomic E-state index is -1.10. The second kappa shape index (κ2) is 46.8. The zero-order valence-corrected chi connectivity index (χ0v) is 79.1. The summed E-state index contributed by atoms with van der Waals surface area (Å²) in [7, 11) is 0. The van der Waals surface area contributed by atoms with Gasteiger partial charge in [0.05, 0.1) is 52.0 Å². The number of piperidine rings is 3. The highest BCUT2D eigenvalue weighted by molar-refractivity contribution is 6.06. The van der Waals surface area contributed by atoms with Crippen LogP contribution in [0, 0.1) is 23.7 Å². The van der Waals surface area contributed by atoms with Crippen LogP contribution in [0.1, 0.15) is 162 Å². The third kappa shape index (κ3) is 25.0. The number of ether oxygens (including phenoxy) is 9. The van der Waals surface area contributed by atoms with Crippen LogP contribution >= 0.6 is 0 Å². The van der Waals surface area contributed by atoms with Gasteiger partial charge >= 0.3 is 36.2 Å². The van der Waals surface area contributed by atoms with Crippen LogP contribution in [0.25, 0.3) is 66.9 Å². The Morgan fingerprint density at radius 1 is 0.343 bits per heavy atom. The molecule has 3 saturated heterocycles. The van der Waals surface area contributed by atoms with Crippen LogP contribution < -0.4 is 30.2 Å². The van der Waals surface area contributed by atoms with Crippen LogP contribution in [0.5, 0.6) is 34.5 Å². The first-order valence-electron chi connectivity index (χ1n) is 47.4. The summed E-state index contributed by atoms with van der Waals surface area (Å²) in [6, 6.07) is 50.2. The van der Waals surface area contributed by atoms with Gasteiger partial charge in [-0.1, -0.05) is 141 Å². The van der Waals surface area contributed by atoms with Gasteiger partial charge in [-0.3, -0.25) is 44.7 Å². The summed E-state index contributed by atoms with van der Waals surface area (Å²) in [5.41, 5.74) is 5.27. The standard InChI is InChI=1S/2C35H38N6O6.C34H38N6O6/c2*1-3-29(42)40-20-10-13-26(21-40)41-33-30(31(39-41)24-16-18-28(19-17-24)47-27-14-8-5-9-15-27)32(36-22-37-33)38-35(44)46-23(2)45-34(43)25-11-6-4-7-12-25;1-6-27(41)39-18-10-11-24(19-39)40-31-28(29(38-40)23-14-16-26(17-15-23)44-25-12-8-7-9-13-25)30(35-20-36-31)37-34(43)46-33(22(4)5)45-32(42)21(2)3/h2*3,5,8-9,14-19,22-23,25-26H,1,4,6-7,10-13,20-21H2,2H3,(H,36,37,38,44);6-9,12-17,20-22,24,33H,1,10-11,18-19H2,2-5H3,(H,35,36,37,43)/t23-,26+;23-,26-;24-,33+/m011/s1. The number of carbonyl (C=O) groups excluding carboxylic acids is 9. The Bertz CT molecular complexity index is 6130. The van der Waals surface area contributed by atoms with E-state index < -0.39 is 43.1 Å². The van der Waals surface area contributed by atoms with E-state index in [1.807, 2.05) is 164 Å². The first-order chi connectivity index (χ1) is 67.9. The number of hydrogen-bond acceptors (Lipinski definition) is 27. The molecule has 5 aliphatic rings. The molecule has 3 aliphatic heterocycles. The maximum Gasteiger partial charge on any atom is 0.415 e. The number of likely N-dealkylation sites (tertiary alicyclic amines) is 3. The molecule has 12 aromatic rings. The third-order valence-corrected chi connectivity index (χ3v) is 24.6. The molecule has 2 aliphatic carbocycles. The van der Waals surface area contributed by atoms with Crippen molar-refractivity contribution in [2.75, 3.05) is 55.2 Å². The van der Waals surface area contributed by atoms with Crippen molar-refractivity contribution in [2.24, 2.45) is 23.7 Å². The topological polar surface area (TPSA) is 413 Å². The van der Waals surface area contributed by atoms with E-state index in [9.17, 15) is 43.2 Å². The molecule has 140 heavy (non-hydrogen) atoms. The monoisotopic (exact) mass is 1900 g/mol. The van der Waals surface area contributed by atoms with E-state index in [1.54, 1.807) is 56.4 Å². The maximum atomic E-state index is 13.2. The molecule has 3 N–H and O–H groups in total. The fraction of sp³-hybridized carbons (Fsp3) is 0.365. The van der Waals surface area contributed by atoms with Crippen molar-refractivity contribution >= 4 is 104 Å². The van der Waals surface area contributed by atoms with Gasteiger partial charge in [-0.05, 0) is 192 Å². The minimum absolute atomic E-state index is 0.140. The van der Waals surface area contributed by atoms with Gasteiger partial charge in [-0.2, -0.15) is 15.3 Å². The summed E-state index contributed by atoms with van der Waals surface area (Å²) >= 11 is 0. The predicted octanol–water partition coefficient (Wildman–Crippen LogP) is 19.7. The fourth-order valence-corrected chi connectivity index (χ4v) is 17.5. The number of para-hydroxylation sites is 3. The van der Waals surface area contributed by atoms with Gasteiger partial charge in [0.2, 0.25) is 30.3 Å². The molecule has 2 saturated carbocycles. The molecule has 36 heteroatoms. The molecule has 0 unspecified atom stereocenters. The summed E-state index contributed by atoms with van der Waals surface area (Å²) in [6.45, 7) is 24.1. The van der Waals surface area contributed by atoms with E-state index in [-0.39, 0.29) is 88.9 Å². The number of aromatic nitrogens is 12. The average Bonchev–Trinajstić information content (AvgIpc) is 1.61. The van der Waals surface area contributed by atoms with Crippen LogP contribution in [0.3, 0.4) is 0 Å². The number of esters is 3. The van der Waals surface area contributed by atoms with Crippen molar-refractivity contribution < 1.29 is 85.8 Å². The highest BCUT2D eigenvalue weighted by Gasteiger charge is 2.36. The number of nitrogens with one attached hydrogen (secondary N) is 3. The van der Waals surface area contributed by atoms with Gasteiger partial charge in [0.25, 0.3) is 6.29 Å². The van der Waals surface area contributed by atoms with Crippen LogP contribution in [0.2, 0.25) is 0 Å². The van der Waals surface area contributed by atoms with Crippen molar-refractivity contribution in [3.05, 3.63) is 221 Å². The van der Waals surface area contributed by atoms with Crippen LogP contribution in [0.4, 0.5) is 31.8 Å². The molecule has 36 nitrogen and oxygen atoms in total. The highest BCUT2D eigenvalue weighted by Crippen LogP contribution is 2.42. The second-order valence-electron chi connectivity index (χ2n) is 35.3. The van der Waals surface area contributed by atoms with E-state index in [4.69, 9.17) is 57.9 Å². The molecule has 6 aromatic carbocycles. The number of rotatable bonds is 28. The predicted molar refractivity (Wildman–Crippen MR) is 521 cm³/mol. The van der Waals surface area contributed by atoms with Gasteiger partial charge in [0.15, 0.2) is 34.4 Å². The molecule has 9 heterocycles. The Balaban J connectivity index is 0.000000159. The van der Waals surface area contributed by atoms with Crippen molar-refractivity contribution in [3.63, 3.8) is 0 Å². The average molecular weight is 1900 g/mol. The Kier molecular flexibility index (Phi) is 33.0. The minimum Gasteiger partial charge on any atom is -0.457 e. The van der Waals surface area contributed by atoms with Crippen LogP contribution in [0.15, 0.2) is 221 Å². The molecule has 728 valence electrons. The molecule has 0 radical (unpaired) electrons. The van der Waals surface area contributed by atoms with Gasteiger partial charge in [0, 0.05) is 75.7 Å². The summed E-state index contributed by atoms with van der Waals surface area (Å²) in [4.78, 5) is 146. The summed E-state index contributed by atoms with van der Waals surface area (Å²) < 4.78 is 55.9. The first-order valence-corrected chi connectivity index (χ1v) is 47.4. The molecular weight excluding hydrogens is 1790 g/mol. The number of nitrogens with zero attached hydrogens (tertiary/aromatic N) is 15. The lowest BCUT2D eigenvalue weighted by Gasteiger charge is -2.32. The van der Waals surface area contributed by atoms with Crippen molar-refractivity contribution in [3.8, 4) is 68.3 Å². The Morgan fingerprint density at radius 3 is 0.921 bits per heavy atom. The molecule has 6 atom stereocenters. The van der Waals surface area contributed by atoms with E-state index >= 15 is 0 Å². The first kappa shape index (κ1) is 98.7. The van der Waals surface area contributed by atoms with Gasteiger partial charge in [-0.15, -0.1) is 0 Å². The highest BCUT2D eigenvalue weighted by atomic mass is 16.7. The largest absolute Gasteiger partial charge is 0.457 e. The number of carbonyl (C=O) groups is 9. The van der Waals surface area contributed by atoms with Gasteiger partial charge in [0.1, 0.15) is 70.6 Å². The number of anilines is 3. The van der Waals surface area contributed by atoms with Gasteiger partial charge in [-0.25, -0.2) is 58.3 Å². The van der Waals surface area contributed by atoms with Crippen LogP contribution in [-0.2, 0) is 57.2 Å². The SMILES string of the molecule is C=CC(=O)N1CCC[C@@H](n2nc(-c3ccc(Oc4ccccc4)cc3)c3c(NC(=O)O[C@@H](C)OC(=O)C4CCCCC4)ncnc32)C1.C=CC(=O)N1CCC[C@@H](n2nc(-c3ccc(Oc4ccccc4)cc3)c3c(NC(=O)O[C@H](C)OC(=O)C4CCCCC4)ncnc32)C1.C=CC(=O)N1CCC[C@@H](n2nc(-c3ccc(Oc4ccccc4)cc3)c3c(NC(=O)O[C@H](OC(=O)C(C)C)C(C)C)ncnc32)C1. The van der Waals surface area contributed by atoms with Crippen molar-refractivity contribution in [1.82, 2.24) is 73.9 Å². The van der Waals surface area contributed by atoms with Crippen molar-refractivity contribution in [2.45, 2.75) is 181 Å². The lowest BCUT2D eigenvalue weighted by Crippen LogP contribution is -2.40. The lowest BCUT2D eigenvalue weighted by atomic mass is 9.89. The molecule has 5 fully saturated rings. The Hall–Kier alpha value is -15.8. The molecular formula is C104H114N18O18. The number of amides is 6. The summed E-state index contributed by atoms with van der Waals surface area (Å²) in [5, 5.41) is 24.6. The second-order valence-corrected chi connectivity index (χ2v) is 35.3. The third-order valence-electron chi connectivity index (χ3n) is 24.6. The van der Waals surface area contributed by atoms with E-state index in [2.05, 4.69) is 65.6 Å². The zero-order valence-electron chi connectivity index (χ0n) is 79.1. The molecule has 0 spiro atoms. The van der Waals surface area contributed by atoms with Gasteiger partial charge < -0.3 is 57.3 Å². The Labute approximate surface area is 809 Å². The summed E-state index contributed by atoms with van der Waals surface area (Å²) in [5.74, 6) is 1.97. The van der Waals surface area contributed by atoms with Crippen LogP contribution in [-0.4, -0.2) is 186 Å². The quantitative estimate of drug-likeness (QED) is 0.0177. The zero-order chi connectivity index (χ0) is 98.3. The molecule has 0 bridgehead atoms. The lowest BCUT2D eigenvalue weighted by molar-refractivity contribution is -0.178. The Morgan fingerprint density at radius 2 is 0.636 bits per heavy atom. The smallest absolute Gasteiger partial charge is 0.415 e.